The molecule has 2 N–H and O–H groups in total. The second kappa shape index (κ2) is 7.64. The number of hydrogen-bond acceptors (Lipinski definition) is 8. The van der Waals surface area contributed by atoms with Crippen molar-refractivity contribution in [2.24, 2.45) is 11.3 Å². The fourth-order valence-corrected chi connectivity index (χ4v) is 5.27. The minimum atomic E-state index is 0.0660. The van der Waals surface area contributed by atoms with Gasteiger partial charge >= 0.3 is 0 Å². The van der Waals surface area contributed by atoms with E-state index in [1.807, 2.05) is 19.2 Å². The smallest absolute Gasteiger partial charge is 0.229 e. The van der Waals surface area contributed by atoms with Gasteiger partial charge in [0, 0.05) is 54.9 Å². The maximum Gasteiger partial charge on any atom is 0.229 e. The molecule has 1 amide bonds. The Kier molecular flexibility index (Phi) is 4.51. The van der Waals surface area contributed by atoms with Crippen molar-refractivity contribution in [3.63, 3.8) is 0 Å². The summed E-state index contributed by atoms with van der Waals surface area (Å²) < 4.78 is 11.6. The third-order valence-electron chi connectivity index (χ3n) is 7.64. The minimum absolute atomic E-state index is 0.0660. The first-order chi connectivity index (χ1) is 17.1. The van der Waals surface area contributed by atoms with E-state index < -0.39 is 0 Å². The molecule has 3 aliphatic rings. The third kappa shape index (κ3) is 3.49. The molecule has 2 aliphatic carbocycles. The van der Waals surface area contributed by atoms with Crippen LogP contribution in [0.15, 0.2) is 41.1 Å². The highest BCUT2D eigenvalue weighted by molar-refractivity contribution is 6.03. The molecule has 1 unspecified atom stereocenters. The molecule has 4 heterocycles. The Balaban J connectivity index is 1.26. The monoisotopic (exact) mass is 470 g/mol. The molecule has 1 aliphatic heterocycles. The Morgan fingerprint density at radius 1 is 1.11 bits per heavy atom. The number of rotatable bonds is 5. The van der Waals surface area contributed by atoms with Crippen LogP contribution in [0.2, 0.25) is 0 Å². The molecule has 1 spiro atoms. The van der Waals surface area contributed by atoms with Crippen LogP contribution in [0.3, 0.4) is 0 Å². The summed E-state index contributed by atoms with van der Waals surface area (Å²) in [5.41, 5.74) is 3.67. The van der Waals surface area contributed by atoms with Gasteiger partial charge in [0.25, 0.3) is 0 Å². The Hall–Kier alpha value is -3.72. The summed E-state index contributed by atoms with van der Waals surface area (Å²) in [6.45, 7) is 3.18. The second-order valence-electron chi connectivity index (χ2n) is 9.76. The Morgan fingerprint density at radius 3 is 2.74 bits per heavy atom. The average Bonchev–Trinajstić information content (AvgIpc) is 3.79. The van der Waals surface area contributed by atoms with E-state index in [0.29, 0.717) is 28.5 Å². The molecule has 3 aromatic heterocycles. The summed E-state index contributed by atoms with van der Waals surface area (Å²) >= 11 is 0. The van der Waals surface area contributed by atoms with Crippen LogP contribution < -0.4 is 15.5 Å². The van der Waals surface area contributed by atoms with E-state index >= 15 is 0 Å². The zero-order valence-electron chi connectivity index (χ0n) is 19.5. The Bertz CT molecular complexity index is 1470. The molecule has 3 fully saturated rings. The predicted molar refractivity (Wildman–Crippen MR) is 134 cm³/mol. The minimum Gasteiger partial charge on any atom is -0.436 e. The van der Waals surface area contributed by atoms with Crippen molar-refractivity contribution in [3.8, 4) is 11.5 Å². The number of nitrogens with one attached hydrogen (secondary N) is 2. The molecule has 4 aromatic rings. The highest BCUT2D eigenvalue weighted by atomic mass is 16.5. The van der Waals surface area contributed by atoms with Crippen molar-refractivity contribution in [2.75, 3.05) is 48.9 Å². The topological polar surface area (TPSA) is 105 Å². The van der Waals surface area contributed by atoms with E-state index in [-0.39, 0.29) is 11.8 Å². The highest BCUT2D eigenvalue weighted by Crippen LogP contribution is 2.70. The first-order valence-corrected chi connectivity index (χ1v) is 12.1. The number of morpholine rings is 1. The van der Waals surface area contributed by atoms with Crippen LogP contribution in [0.25, 0.3) is 33.3 Å². The second-order valence-corrected chi connectivity index (χ2v) is 9.76. The van der Waals surface area contributed by atoms with E-state index in [2.05, 4.69) is 37.6 Å². The summed E-state index contributed by atoms with van der Waals surface area (Å²) in [6.07, 6.45) is 6.84. The number of hydrogen-bond donors (Lipinski definition) is 2. The highest BCUT2D eigenvalue weighted by Gasteiger charge is 2.65. The Labute approximate surface area is 201 Å². The molecular weight excluding hydrogens is 444 g/mol. The van der Waals surface area contributed by atoms with Crippen molar-refractivity contribution in [1.29, 1.82) is 0 Å². The van der Waals surface area contributed by atoms with Gasteiger partial charge in [-0.2, -0.15) is 0 Å². The quantitative estimate of drug-likeness (QED) is 0.450. The number of ether oxygens (including phenoxy) is 1. The molecule has 0 bridgehead atoms. The van der Waals surface area contributed by atoms with E-state index in [4.69, 9.17) is 14.1 Å². The number of nitrogens with zero attached hydrogens (tertiary/aromatic N) is 4. The number of carbonyl (C=O) groups excluding carboxylic acids is 1. The van der Waals surface area contributed by atoms with Gasteiger partial charge in [-0.05, 0) is 48.9 Å². The molecule has 9 nitrogen and oxygen atoms in total. The van der Waals surface area contributed by atoms with Crippen molar-refractivity contribution < 1.29 is 13.9 Å². The zero-order chi connectivity index (χ0) is 23.6. The average molecular weight is 471 g/mol. The number of anilines is 3. The van der Waals surface area contributed by atoms with E-state index in [1.54, 1.807) is 12.4 Å². The summed E-state index contributed by atoms with van der Waals surface area (Å²) in [4.78, 5) is 28.9. The molecule has 178 valence electrons. The van der Waals surface area contributed by atoms with Crippen molar-refractivity contribution >= 4 is 45.1 Å². The van der Waals surface area contributed by atoms with Crippen LogP contribution in [0.5, 0.6) is 0 Å². The van der Waals surface area contributed by atoms with Crippen LogP contribution in [0.4, 0.5) is 17.3 Å². The van der Waals surface area contributed by atoms with Crippen molar-refractivity contribution in [1.82, 2.24) is 15.0 Å². The number of amides is 1. The number of benzene rings is 1. The van der Waals surface area contributed by atoms with Gasteiger partial charge in [0.2, 0.25) is 11.8 Å². The molecule has 1 atom stereocenters. The maximum atomic E-state index is 12.7. The molecular formula is C26H26N6O3. The lowest BCUT2D eigenvalue weighted by Crippen LogP contribution is -2.36. The van der Waals surface area contributed by atoms with Gasteiger partial charge in [-0.3, -0.25) is 4.79 Å². The molecule has 1 saturated heterocycles. The molecule has 9 heteroatoms. The van der Waals surface area contributed by atoms with E-state index in [1.165, 1.54) is 12.8 Å². The summed E-state index contributed by atoms with van der Waals surface area (Å²) in [7, 11) is 1.83. The number of pyridine rings is 2. The Morgan fingerprint density at radius 2 is 1.97 bits per heavy atom. The van der Waals surface area contributed by atoms with Crippen LogP contribution in [-0.4, -0.2) is 54.2 Å². The number of aromatic nitrogens is 3. The van der Waals surface area contributed by atoms with Gasteiger partial charge in [-0.25, -0.2) is 15.0 Å². The van der Waals surface area contributed by atoms with Crippen LogP contribution in [-0.2, 0) is 9.53 Å². The fraction of sp³-hybridized carbons (Fsp3) is 0.385. The normalized spacial score (nSPS) is 20.4. The molecule has 7 rings (SSSR count). The SMILES string of the molecule is CNc1ncc(-c2nc3cc(N4CCOCC4)ccc3o2)c2cc(NC(=O)C3CC34CC4)ncc12. The van der Waals surface area contributed by atoms with E-state index in [0.717, 1.165) is 60.3 Å². The molecule has 1 aromatic carbocycles. The summed E-state index contributed by atoms with van der Waals surface area (Å²) in [5.74, 6) is 1.92. The maximum absolute atomic E-state index is 12.7. The largest absolute Gasteiger partial charge is 0.436 e. The summed E-state index contributed by atoms with van der Waals surface area (Å²) in [6, 6.07) is 7.97. The van der Waals surface area contributed by atoms with Crippen molar-refractivity contribution in [2.45, 2.75) is 19.3 Å². The van der Waals surface area contributed by atoms with Gasteiger partial charge in [0.15, 0.2) is 5.58 Å². The predicted octanol–water partition coefficient (Wildman–Crippen LogP) is 4.05. The van der Waals surface area contributed by atoms with E-state index in [9.17, 15) is 4.79 Å². The fourth-order valence-electron chi connectivity index (χ4n) is 5.27. The lowest BCUT2D eigenvalue weighted by molar-refractivity contribution is -0.117. The van der Waals surface area contributed by atoms with Crippen LogP contribution in [0.1, 0.15) is 19.3 Å². The van der Waals surface area contributed by atoms with Crippen LogP contribution in [0, 0.1) is 11.3 Å². The van der Waals surface area contributed by atoms with Gasteiger partial charge in [-0.1, -0.05) is 0 Å². The lowest BCUT2D eigenvalue weighted by atomic mass is 10.1. The number of oxazole rings is 1. The number of carbonyl (C=O) groups is 1. The first-order valence-electron chi connectivity index (χ1n) is 12.1. The van der Waals surface area contributed by atoms with Crippen LogP contribution >= 0.6 is 0 Å². The van der Waals surface area contributed by atoms with Gasteiger partial charge in [0.05, 0.1) is 18.8 Å². The van der Waals surface area contributed by atoms with Gasteiger partial charge in [-0.15, -0.1) is 0 Å². The lowest BCUT2D eigenvalue weighted by Gasteiger charge is -2.28. The third-order valence-corrected chi connectivity index (χ3v) is 7.64. The first kappa shape index (κ1) is 20.6. The molecule has 35 heavy (non-hydrogen) atoms. The molecule has 2 saturated carbocycles. The molecule has 0 radical (unpaired) electrons. The number of fused-ring (bicyclic) bond motifs is 2. The van der Waals surface area contributed by atoms with Crippen molar-refractivity contribution in [3.05, 3.63) is 36.7 Å². The summed E-state index contributed by atoms with van der Waals surface area (Å²) in [5, 5.41) is 7.85. The van der Waals surface area contributed by atoms with Gasteiger partial charge < -0.3 is 24.7 Å². The standard InChI is InChI=1S/C26H26N6O3/c1-27-23-17-13-28-22(31-24(33)19-12-26(19)4-5-26)11-16(17)18(14-29-23)25-30-20-10-15(2-3-21(20)35-25)32-6-8-34-9-7-32/h2-3,10-11,13-14,19H,4-9,12H2,1H3,(H,27,29)(H,28,31,33). The van der Waals surface area contributed by atoms with Gasteiger partial charge in [0.1, 0.15) is 17.2 Å². The zero-order valence-corrected chi connectivity index (χ0v) is 19.5.